The van der Waals surface area contributed by atoms with Gasteiger partial charge >= 0.3 is 0 Å². The van der Waals surface area contributed by atoms with Crippen LogP contribution in [-0.4, -0.2) is 22.6 Å². The van der Waals surface area contributed by atoms with Crippen molar-refractivity contribution in [3.05, 3.63) is 76.0 Å². The van der Waals surface area contributed by atoms with Gasteiger partial charge in [0, 0.05) is 28.6 Å². The van der Waals surface area contributed by atoms with Gasteiger partial charge in [-0.2, -0.15) is 0 Å². The fraction of sp³-hybridized carbons (Fsp3) is 0.150. The maximum Gasteiger partial charge on any atom is 0.263 e. The predicted octanol–water partition coefficient (Wildman–Crippen LogP) is 4.50. The van der Waals surface area contributed by atoms with E-state index < -0.39 is 0 Å². The van der Waals surface area contributed by atoms with Gasteiger partial charge in [0.25, 0.3) is 11.8 Å². The summed E-state index contributed by atoms with van der Waals surface area (Å²) in [4.78, 5) is 30.1. The van der Waals surface area contributed by atoms with Crippen molar-refractivity contribution in [1.82, 2.24) is 10.3 Å². The molecule has 0 radical (unpaired) electrons. The van der Waals surface area contributed by atoms with Crippen LogP contribution in [0.4, 0.5) is 10.1 Å². The highest BCUT2D eigenvalue weighted by Crippen LogP contribution is 2.38. The number of carbonyl (C=O) groups is 2. The maximum atomic E-state index is 14.0. The number of nitrogens with one attached hydrogen (secondary N) is 2. The van der Waals surface area contributed by atoms with Gasteiger partial charge in [0.05, 0.1) is 11.7 Å². The Hall–Kier alpha value is -2.71. The van der Waals surface area contributed by atoms with E-state index in [0.717, 1.165) is 17.7 Å². The fourth-order valence-corrected chi connectivity index (χ4v) is 4.93. The Kier molecular flexibility index (Phi) is 5.40. The summed E-state index contributed by atoms with van der Waals surface area (Å²) in [6.45, 7) is 0. The molecule has 1 atom stereocenters. The molecule has 0 fully saturated rings. The van der Waals surface area contributed by atoms with Crippen LogP contribution in [0, 0.1) is 5.82 Å². The first kappa shape index (κ1) is 18.6. The van der Waals surface area contributed by atoms with Gasteiger partial charge in [-0.25, -0.2) is 4.39 Å². The van der Waals surface area contributed by atoms with Crippen LogP contribution in [0.1, 0.15) is 38.1 Å². The SMILES string of the molecule is O=C(Nc1ccsc1C(=O)NC1CCSc2c(F)cccc21)c1ccncc1. The predicted molar refractivity (Wildman–Crippen MR) is 108 cm³/mol. The summed E-state index contributed by atoms with van der Waals surface area (Å²) >= 11 is 2.72. The van der Waals surface area contributed by atoms with E-state index in [2.05, 4.69) is 15.6 Å². The van der Waals surface area contributed by atoms with Crippen molar-refractivity contribution >= 4 is 40.6 Å². The van der Waals surface area contributed by atoms with E-state index in [9.17, 15) is 14.0 Å². The van der Waals surface area contributed by atoms with Crippen LogP contribution in [0.3, 0.4) is 0 Å². The number of hydrogen-bond acceptors (Lipinski definition) is 5. The van der Waals surface area contributed by atoms with Crippen molar-refractivity contribution in [3.8, 4) is 0 Å². The fourth-order valence-electron chi connectivity index (χ4n) is 3.04. The summed E-state index contributed by atoms with van der Waals surface area (Å²) in [6, 6.07) is 9.58. The van der Waals surface area contributed by atoms with Crippen LogP contribution in [0.5, 0.6) is 0 Å². The molecule has 28 heavy (non-hydrogen) atoms. The molecular formula is C20H16FN3O2S2. The molecule has 0 aliphatic carbocycles. The zero-order valence-electron chi connectivity index (χ0n) is 14.6. The lowest BCUT2D eigenvalue weighted by molar-refractivity contribution is 0.0939. The van der Waals surface area contributed by atoms with Gasteiger partial charge in [-0.3, -0.25) is 14.6 Å². The Morgan fingerprint density at radius 3 is 2.75 bits per heavy atom. The first-order chi connectivity index (χ1) is 13.6. The number of amides is 2. The summed E-state index contributed by atoms with van der Waals surface area (Å²) in [6.07, 6.45) is 3.79. The van der Waals surface area contributed by atoms with Gasteiger partial charge < -0.3 is 10.6 Å². The molecule has 2 amide bonds. The van der Waals surface area contributed by atoms with E-state index in [1.807, 2.05) is 6.07 Å². The second-order valence-corrected chi connectivity index (χ2v) is 8.20. The van der Waals surface area contributed by atoms with Crippen LogP contribution in [0.2, 0.25) is 0 Å². The Labute approximate surface area is 169 Å². The molecule has 1 aliphatic rings. The van der Waals surface area contributed by atoms with Crippen LogP contribution in [0.25, 0.3) is 0 Å². The molecule has 2 aromatic heterocycles. The van der Waals surface area contributed by atoms with Crippen molar-refractivity contribution in [2.45, 2.75) is 17.4 Å². The monoisotopic (exact) mass is 413 g/mol. The summed E-state index contributed by atoms with van der Waals surface area (Å²) in [5.74, 6) is -0.124. The van der Waals surface area contributed by atoms with E-state index in [-0.39, 0.29) is 23.7 Å². The average molecular weight is 413 g/mol. The van der Waals surface area contributed by atoms with Gasteiger partial charge in [0.1, 0.15) is 10.7 Å². The van der Waals surface area contributed by atoms with Crippen molar-refractivity contribution in [3.63, 3.8) is 0 Å². The van der Waals surface area contributed by atoms with Crippen molar-refractivity contribution < 1.29 is 14.0 Å². The highest BCUT2D eigenvalue weighted by Gasteiger charge is 2.26. The van der Waals surface area contributed by atoms with E-state index in [0.29, 0.717) is 21.0 Å². The Morgan fingerprint density at radius 1 is 1.11 bits per heavy atom. The molecule has 3 aromatic rings. The normalized spacial score (nSPS) is 15.5. The van der Waals surface area contributed by atoms with Crippen LogP contribution >= 0.6 is 23.1 Å². The number of hydrogen-bond donors (Lipinski definition) is 2. The van der Waals surface area contributed by atoms with Crippen LogP contribution in [0.15, 0.2) is 59.1 Å². The van der Waals surface area contributed by atoms with Crippen molar-refractivity contribution in [1.29, 1.82) is 0 Å². The molecule has 1 aromatic carbocycles. The smallest absolute Gasteiger partial charge is 0.263 e. The zero-order valence-corrected chi connectivity index (χ0v) is 16.3. The minimum atomic E-state index is -0.309. The summed E-state index contributed by atoms with van der Waals surface area (Å²) in [5.41, 5.74) is 1.71. The summed E-state index contributed by atoms with van der Waals surface area (Å²) in [7, 11) is 0. The topological polar surface area (TPSA) is 71.1 Å². The number of carbonyl (C=O) groups excluding carboxylic acids is 2. The third-order valence-electron chi connectivity index (χ3n) is 4.39. The van der Waals surface area contributed by atoms with Crippen LogP contribution < -0.4 is 10.6 Å². The Balaban J connectivity index is 1.51. The second-order valence-electron chi connectivity index (χ2n) is 6.17. The highest BCUT2D eigenvalue weighted by atomic mass is 32.2. The lowest BCUT2D eigenvalue weighted by Gasteiger charge is -2.26. The van der Waals surface area contributed by atoms with Gasteiger partial charge in [-0.1, -0.05) is 12.1 Å². The number of anilines is 1. The largest absolute Gasteiger partial charge is 0.344 e. The first-order valence-corrected chi connectivity index (χ1v) is 10.5. The van der Waals surface area contributed by atoms with Gasteiger partial charge in [0.15, 0.2) is 0 Å². The van der Waals surface area contributed by atoms with Crippen LogP contribution in [-0.2, 0) is 0 Å². The molecular weight excluding hydrogens is 397 g/mol. The molecule has 142 valence electrons. The zero-order chi connectivity index (χ0) is 19.5. The average Bonchev–Trinajstić information content (AvgIpc) is 3.18. The third kappa shape index (κ3) is 3.79. The molecule has 1 unspecified atom stereocenters. The molecule has 1 aliphatic heterocycles. The molecule has 4 rings (SSSR count). The molecule has 2 N–H and O–H groups in total. The van der Waals surface area contributed by atoms with Crippen molar-refractivity contribution in [2.24, 2.45) is 0 Å². The minimum absolute atomic E-state index is 0.259. The number of pyridine rings is 1. The molecule has 0 spiro atoms. The molecule has 8 heteroatoms. The standard InChI is InChI=1S/C20H16FN3O2S2/c21-14-3-1-2-13-15(6-10-27-17(13)14)23-20(26)18-16(7-11-28-18)24-19(25)12-4-8-22-9-5-12/h1-5,7-9,11,15H,6,10H2,(H,23,26)(H,24,25). The number of nitrogens with zero attached hydrogens (tertiary/aromatic N) is 1. The Morgan fingerprint density at radius 2 is 1.93 bits per heavy atom. The van der Waals surface area contributed by atoms with E-state index in [1.54, 1.807) is 29.6 Å². The summed E-state index contributed by atoms with van der Waals surface area (Å²) < 4.78 is 14.0. The van der Waals surface area contributed by atoms with Gasteiger partial charge in [-0.05, 0) is 41.6 Å². The number of halogens is 1. The second kappa shape index (κ2) is 8.12. The van der Waals surface area contributed by atoms with Crippen molar-refractivity contribution in [2.75, 3.05) is 11.1 Å². The lowest BCUT2D eigenvalue weighted by atomic mass is 10.0. The number of fused-ring (bicyclic) bond motifs is 1. The highest BCUT2D eigenvalue weighted by molar-refractivity contribution is 7.99. The number of thioether (sulfide) groups is 1. The van der Waals surface area contributed by atoms with Gasteiger partial charge in [0.2, 0.25) is 0 Å². The third-order valence-corrected chi connectivity index (χ3v) is 6.47. The number of aromatic nitrogens is 1. The van der Waals surface area contributed by atoms with E-state index in [4.69, 9.17) is 0 Å². The minimum Gasteiger partial charge on any atom is -0.344 e. The molecule has 3 heterocycles. The van der Waals surface area contributed by atoms with E-state index in [1.165, 1.54) is 41.6 Å². The van der Waals surface area contributed by atoms with E-state index >= 15 is 0 Å². The number of thiophene rings is 1. The summed E-state index contributed by atoms with van der Waals surface area (Å²) in [5, 5.41) is 7.51. The number of benzene rings is 1. The molecule has 0 saturated carbocycles. The maximum absolute atomic E-state index is 14.0. The first-order valence-electron chi connectivity index (χ1n) is 8.64. The lowest BCUT2D eigenvalue weighted by Crippen LogP contribution is -2.31. The van der Waals surface area contributed by atoms with Gasteiger partial charge in [-0.15, -0.1) is 23.1 Å². The molecule has 0 saturated heterocycles. The quantitative estimate of drug-likeness (QED) is 0.661. The molecule has 5 nitrogen and oxygen atoms in total. The Bertz CT molecular complexity index is 1020. The number of rotatable bonds is 4. The molecule has 0 bridgehead atoms.